The summed E-state index contributed by atoms with van der Waals surface area (Å²) < 4.78 is 31.8. The molecule has 0 unspecified atom stereocenters. The van der Waals surface area contributed by atoms with E-state index in [1.807, 2.05) is 72.8 Å². The summed E-state index contributed by atoms with van der Waals surface area (Å²) in [5.41, 5.74) is 9.61. The third-order valence-electron chi connectivity index (χ3n) is 10.7. The zero-order chi connectivity index (χ0) is 36.7. The average Bonchev–Trinajstić information content (AvgIpc) is 3.57. The molecule has 55 heavy (non-hydrogen) atoms. The van der Waals surface area contributed by atoms with E-state index < -0.39 is 10.0 Å². The molecule has 1 aliphatic heterocycles. The molecular weight excluding hydrogens is 697 g/mol. The highest BCUT2D eigenvalue weighted by molar-refractivity contribution is 7.93. The van der Waals surface area contributed by atoms with Crippen LogP contribution >= 0.6 is 0 Å². The molecule has 2 aromatic heterocycles. The molecule has 260 valence electrons. The molecule has 0 spiro atoms. The highest BCUT2D eigenvalue weighted by atomic mass is 32.2. The summed E-state index contributed by atoms with van der Waals surface area (Å²) in [4.78, 5) is 10.9. The number of anilines is 2. The van der Waals surface area contributed by atoms with E-state index in [1.165, 1.54) is 4.31 Å². The van der Waals surface area contributed by atoms with Gasteiger partial charge in [-0.3, -0.25) is 4.57 Å². The lowest BCUT2D eigenvalue weighted by atomic mass is 9.96. The topological polar surface area (TPSA) is 68.1 Å². The average molecular weight is 727 g/mol. The van der Waals surface area contributed by atoms with Crippen LogP contribution in [0.25, 0.3) is 82.9 Å². The lowest BCUT2D eigenvalue weighted by molar-refractivity contribution is 0.596. The van der Waals surface area contributed by atoms with Gasteiger partial charge in [0.2, 0.25) is 5.95 Å². The first-order chi connectivity index (χ1) is 27.0. The lowest BCUT2D eigenvalue weighted by Crippen LogP contribution is -2.30. The number of hydrogen-bond acceptors (Lipinski definition) is 4. The minimum absolute atomic E-state index is 0.292. The molecule has 11 rings (SSSR count). The molecule has 7 heteroatoms. The van der Waals surface area contributed by atoms with Crippen LogP contribution in [0, 0.1) is 0 Å². The van der Waals surface area contributed by atoms with E-state index in [2.05, 4.69) is 102 Å². The molecule has 0 atom stereocenters. The molecule has 0 saturated carbocycles. The van der Waals surface area contributed by atoms with Crippen LogP contribution in [0.1, 0.15) is 0 Å². The molecule has 0 aliphatic carbocycles. The Morgan fingerprint density at radius 1 is 0.455 bits per heavy atom. The quantitative estimate of drug-likeness (QED) is 0.169. The highest BCUT2D eigenvalue weighted by Gasteiger charge is 2.36. The van der Waals surface area contributed by atoms with Crippen LogP contribution in [0.2, 0.25) is 0 Å². The van der Waals surface area contributed by atoms with Crippen molar-refractivity contribution < 1.29 is 8.42 Å². The zero-order valence-corrected chi connectivity index (χ0v) is 30.2. The fourth-order valence-corrected chi connectivity index (χ4v) is 9.95. The molecule has 0 radical (unpaired) electrons. The highest BCUT2D eigenvalue weighted by Crippen LogP contribution is 2.48. The Labute approximate surface area is 317 Å². The maximum atomic E-state index is 14.1. The summed E-state index contributed by atoms with van der Waals surface area (Å²) in [6.45, 7) is 0. The monoisotopic (exact) mass is 726 g/mol. The van der Waals surface area contributed by atoms with Crippen LogP contribution in [-0.2, 0) is 10.0 Å². The predicted molar refractivity (Wildman–Crippen MR) is 223 cm³/mol. The fraction of sp³-hybridized carbons (Fsp3) is 0. The molecule has 0 N–H and O–H groups in total. The second-order valence-corrected chi connectivity index (χ2v) is 15.6. The summed E-state index contributed by atoms with van der Waals surface area (Å²) >= 11 is 0. The van der Waals surface area contributed by atoms with E-state index in [1.54, 1.807) is 12.1 Å². The molecule has 10 aromatic rings. The van der Waals surface area contributed by atoms with E-state index in [-0.39, 0.29) is 0 Å². The van der Waals surface area contributed by atoms with Gasteiger partial charge in [0.05, 0.1) is 38.5 Å². The van der Waals surface area contributed by atoms with Crippen LogP contribution in [0.3, 0.4) is 0 Å². The molecule has 6 nitrogen and oxygen atoms in total. The maximum absolute atomic E-state index is 14.1. The Hall–Kier alpha value is -7.09. The van der Waals surface area contributed by atoms with E-state index >= 15 is 0 Å². The van der Waals surface area contributed by atoms with Gasteiger partial charge in [-0.15, -0.1) is 0 Å². The Morgan fingerprint density at radius 3 is 1.98 bits per heavy atom. The van der Waals surface area contributed by atoms with Gasteiger partial charge in [-0.2, -0.15) is 0 Å². The number of benzene rings is 8. The van der Waals surface area contributed by atoms with Crippen molar-refractivity contribution in [2.75, 3.05) is 4.31 Å². The van der Waals surface area contributed by atoms with Crippen molar-refractivity contribution in [3.8, 4) is 39.5 Å². The minimum Gasteiger partial charge on any atom is -0.278 e. The van der Waals surface area contributed by atoms with Gasteiger partial charge in [-0.1, -0.05) is 127 Å². The molecule has 0 bridgehead atoms. The molecule has 8 aromatic carbocycles. The van der Waals surface area contributed by atoms with Gasteiger partial charge in [0.25, 0.3) is 10.0 Å². The summed E-state index contributed by atoms with van der Waals surface area (Å²) in [7, 11) is -3.83. The predicted octanol–water partition coefficient (Wildman–Crippen LogP) is 11.7. The van der Waals surface area contributed by atoms with Crippen molar-refractivity contribution in [1.82, 2.24) is 14.5 Å². The Morgan fingerprint density at radius 2 is 1.13 bits per heavy atom. The number of nitrogens with zero attached hydrogens (tertiary/aromatic N) is 4. The van der Waals surface area contributed by atoms with E-state index in [0.29, 0.717) is 27.8 Å². The number of hydrogen-bond donors (Lipinski definition) is 0. The Balaban J connectivity index is 1.13. The minimum atomic E-state index is -3.83. The van der Waals surface area contributed by atoms with Crippen molar-refractivity contribution >= 4 is 64.9 Å². The second-order valence-electron chi connectivity index (χ2n) is 13.8. The van der Waals surface area contributed by atoms with E-state index in [9.17, 15) is 8.42 Å². The van der Waals surface area contributed by atoms with Gasteiger partial charge >= 0.3 is 0 Å². The van der Waals surface area contributed by atoms with Gasteiger partial charge in [-0.05, 0) is 71.1 Å². The van der Waals surface area contributed by atoms with Crippen LogP contribution in [0.4, 0.5) is 11.4 Å². The molecule has 3 heterocycles. The van der Waals surface area contributed by atoms with Crippen molar-refractivity contribution in [2.45, 2.75) is 4.90 Å². The third kappa shape index (κ3) is 4.77. The molecule has 0 fully saturated rings. The van der Waals surface area contributed by atoms with Gasteiger partial charge in [0, 0.05) is 38.2 Å². The third-order valence-corrected chi connectivity index (χ3v) is 12.5. The smallest absolute Gasteiger partial charge is 0.269 e. The molecular formula is C48H30N4O2S. The first kappa shape index (κ1) is 31.4. The lowest BCUT2D eigenvalue weighted by Gasteiger charge is -2.32. The molecule has 1 aliphatic rings. The number of rotatable bonds is 4. The summed E-state index contributed by atoms with van der Waals surface area (Å²) in [6, 6.07) is 60.5. The van der Waals surface area contributed by atoms with Gasteiger partial charge in [0.15, 0.2) is 0 Å². The first-order valence-corrected chi connectivity index (χ1v) is 19.6. The van der Waals surface area contributed by atoms with Crippen molar-refractivity contribution in [3.05, 3.63) is 182 Å². The second kappa shape index (κ2) is 12.0. The standard InChI is InChI=1S/C48H30N4O2S/c53-55(54)45-22-12-10-20-38(45)41-30-34(25-28-44(41)52(55)35-16-5-2-6-17-35)33-24-27-43-40(29-33)37-19-9-11-21-42(37)51(43)48-49-46(32-14-3-1-4-15-32)39-26-23-31-13-7-8-18-36(31)47(39)50-48/h1-30H. The number of sulfonamides is 1. The van der Waals surface area contributed by atoms with Gasteiger partial charge in [-0.25, -0.2) is 22.7 Å². The SMILES string of the molecule is O=S1(=O)c2ccccc2-c2cc(-c3ccc4c(c3)c3ccccc3n4-c3nc(-c4ccccc4)c4ccc5ccccc5c4n3)ccc2N1c1ccccc1. The van der Waals surface area contributed by atoms with Gasteiger partial charge in [0.1, 0.15) is 0 Å². The maximum Gasteiger partial charge on any atom is 0.269 e. The number of para-hydroxylation sites is 2. The largest absolute Gasteiger partial charge is 0.278 e. The normalized spacial score (nSPS) is 13.3. The van der Waals surface area contributed by atoms with E-state index in [0.717, 1.165) is 71.4 Å². The Bertz CT molecular complexity index is 3290. The Kier molecular flexibility index (Phi) is 6.84. The van der Waals surface area contributed by atoms with Crippen LogP contribution in [0.5, 0.6) is 0 Å². The summed E-state index contributed by atoms with van der Waals surface area (Å²) in [6.07, 6.45) is 0. The number of fused-ring (bicyclic) bond motifs is 9. The first-order valence-electron chi connectivity index (χ1n) is 18.2. The zero-order valence-electron chi connectivity index (χ0n) is 29.3. The summed E-state index contributed by atoms with van der Waals surface area (Å²) in [5, 5.41) is 5.37. The van der Waals surface area contributed by atoms with Crippen LogP contribution in [-0.4, -0.2) is 23.0 Å². The fourth-order valence-electron chi connectivity index (χ4n) is 8.23. The number of aromatic nitrogens is 3. The molecule has 0 amide bonds. The van der Waals surface area contributed by atoms with Gasteiger partial charge < -0.3 is 0 Å². The van der Waals surface area contributed by atoms with Crippen LogP contribution < -0.4 is 4.31 Å². The van der Waals surface area contributed by atoms with Crippen molar-refractivity contribution in [3.63, 3.8) is 0 Å². The molecule has 0 saturated heterocycles. The van der Waals surface area contributed by atoms with Crippen LogP contribution in [0.15, 0.2) is 187 Å². The van der Waals surface area contributed by atoms with Crippen molar-refractivity contribution in [1.29, 1.82) is 0 Å². The summed E-state index contributed by atoms with van der Waals surface area (Å²) in [5.74, 6) is 0.606. The van der Waals surface area contributed by atoms with E-state index in [4.69, 9.17) is 9.97 Å². The van der Waals surface area contributed by atoms with Crippen molar-refractivity contribution in [2.24, 2.45) is 0 Å².